The third-order valence-corrected chi connectivity index (χ3v) is 6.25. The molecule has 0 aromatic carbocycles. The van der Waals surface area contributed by atoms with Gasteiger partial charge in [0.25, 0.3) is 0 Å². The minimum absolute atomic E-state index is 0.0374. The molecule has 0 spiro atoms. The van der Waals surface area contributed by atoms with Gasteiger partial charge in [-0.1, -0.05) is 46.3 Å². The Morgan fingerprint density at radius 2 is 1.43 bits per heavy atom. The molecule has 0 radical (unpaired) electrons. The van der Waals surface area contributed by atoms with E-state index in [-0.39, 0.29) is 34.6 Å². The van der Waals surface area contributed by atoms with Crippen LogP contribution in [0, 0.1) is 17.3 Å². The second-order valence-corrected chi connectivity index (χ2v) is 9.30. The first-order valence-corrected chi connectivity index (χ1v) is 11.1. The van der Waals surface area contributed by atoms with E-state index in [2.05, 4.69) is 20.8 Å². The lowest BCUT2D eigenvalue weighted by atomic mass is 9.71. The number of esters is 1. The summed E-state index contributed by atoms with van der Waals surface area (Å²) in [6.07, 6.45) is 11.1. The zero-order valence-corrected chi connectivity index (χ0v) is 19.0. The Bertz CT molecular complexity index is 519. The van der Waals surface area contributed by atoms with Crippen molar-refractivity contribution in [1.29, 1.82) is 0 Å². The summed E-state index contributed by atoms with van der Waals surface area (Å²) in [4.78, 5) is 25.5. The molecule has 2 atom stereocenters. The van der Waals surface area contributed by atoms with Gasteiger partial charge in [0.1, 0.15) is 5.78 Å². The molecule has 1 aliphatic rings. The molecule has 28 heavy (non-hydrogen) atoms. The highest BCUT2D eigenvalue weighted by Crippen LogP contribution is 2.35. The fourth-order valence-corrected chi connectivity index (χ4v) is 3.33. The van der Waals surface area contributed by atoms with Gasteiger partial charge in [0, 0.05) is 17.9 Å². The summed E-state index contributed by atoms with van der Waals surface area (Å²) in [5.74, 6) is -0.585. The number of hydrogen-bond donors (Lipinski definition) is 0. The molecule has 0 N–H and O–H groups in total. The van der Waals surface area contributed by atoms with Gasteiger partial charge in [0.2, 0.25) is 0 Å². The third kappa shape index (κ3) is 8.06. The quantitative estimate of drug-likeness (QED) is 0.222. The number of carbonyl (C=O) groups excluding carboxylic acids is 2. The molecular formula is C24H42O4. The number of carbonyl (C=O) groups is 2. The van der Waals surface area contributed by atoms with E-state index < -0.39 is 0 Å². The van der Waals surface area contributed by atoms with Gasteiger partial charge in [-0.25, -0.2) is 0 Å². The lowest BCUT2D eigenvalue weighted by molar-refractivity contribution is -0.154. The molecule has 0 saturated carbocycles. The zero-order chi connectivity index (χ0) is 21.2. The van der Waals surface area contributed by atoms with Crippen molar-refractivity contribution in [2.75, 3.05) is 13.2 Å². The maximum Gasteiger partial charge on any atom is 0.309 e. The van der Waals surface area contributed by atoms with Crippen LogP contribution in [0.2, 0.25) is 0 Å². The molecule has 0 amide bonds. The minimum Gasteiger partial charge on any atom is -0.465 e. The van der Waals surface area contributed by atoms with Gasteiger partial charge in [0.15, 0.2) is 0 Å². The number of ketones is 1. The van der Waals surface area contributed by atoms with Crippen LogP contribution >= 0.6 is 0 Å². The van der Waals surface area contributed by atoms with Crippen molar-refractivity contribution in [1.82, 2.24) is 0 Å². The molecule has 0 aliphatic heterocycles. The Morgan fingerprint density at radius 3 is 2.00 bits per heavy atom. The number of Topliss-reactive ketones (excluding diaryl/α,β-unsaturated/α-hetero) is 1. The maximum absolute atomic E-state index is 12.9. The summed E-state index contributed by atoms with van der Waals surface area (Å²) in [7, 11) is 0. The van der Waals surface area contributed by atoms with E-state index in [9.17, 15) is 9.59 Å². The Kier molecular flexibility index (Phi) is 10.4. The molecule has 0 saturated heterocycles. The number of allylic oxidation sites excluding steroid dienone is 2. The fourth-order valence-electron chi connectivity index (χ4n) is 3.33. The molecule has 4 heteroatoms. The monoisotopic (exact) mass is 394 g/mol. The van der Waals surface area contributed by atoms with Crippen molar-refractivity contribution in [3.63, 3.8) is 0 Å². The van der Waals surface area contributed by atoms with Crippen molar-refractivity contribution in [2.24, 2.45) is 17.3 Å². The van der Waals surface area contributed by atoms with Crippen molar-refractivity contribution < 1.29 is 19.1 Å². The van der Waals surface area contributed by atoms with Gasteiger partial charge < -0.3 is 9.47 Å². The van der Waals surface area contributed by atoms with Crippen LogP contribution < -0.4 is 0 Å². The Labute approximate surface area is 172 Å². The van der Waals surface area contributed by atoms with Crippen LogP contribution in [0.3, 0.4) is 0 Å². The van der Waals surface area contributed by atoms with Crippen molar-refractivity contribution >= 4 is 11.8 Å². The van der Waals surface area contributed by atoms with Gasteiger partial charge >= 0.3 is 5.97 Å². The van der Waals surface area contributed by atoms with Crippen molar-refractivity contribution in [3.05, 3.63) is 12.2 Å². The van der Waals surface area contributed by atoms with Crippen molar-refractivity contribution in [2.45, 2.75) is 98.5 Å². The van der Waals surface area contributed by atoms with E-state index in [4.69, 9.17) is 9.47 Å². The second-order valence-electron chi connectivity index (χ2n) is 9.30. The SMILES string of the molecule is CCC(C)(C)OCCCCCCOC(=O)C1CC=CCC1C(=O)C(C)(C)CC. The molecule has 2 unspecified atom stereocenters. The van der Waals surface area contributed by atoms with E-state index in [0.29, 0.717) is 19.4 Å². The minimum atomic E-state index is -0.386. The normalized spacial score (nSPS) is 20.2. The summed E-state index contributed by atoms with van der Waals surface area (Å²) in [6, 6.07) is 0. The Balaban J connectivity index is 2.32. The lowest BCUT2D eigenvalue weighted by Gasteiger charge is -2.32. The largest absolute Gasteiger partial charge is 0.465 e. The maximum atomic E-state index is 12.9. The van der Waals surface area contributed by atoms with E-state index >= 15 is 0 Å². The number of unbranched alkanes of at least 4 members (excludes halogenated alkanes) is 3. The summed E-state index contributed by atoms with van der Waals surface area (Å²) in [6.45, 7) is 13.6. The first kappa shape index (κ1) is 24.9. The summed E-state index contributed by atoms with van der Waals surface area (Å²) >= 11 is 0. The van der Waals surface area contributed by atoms with Crippen LogP contribution in [0.5, 0.6) is 0 Å². The molecular weight excluding hydrogens is 352 g/mol. The lowest BCUT2D eigenvalue weighted by Crippen LogP contribution is -2.39. The van der Waals surface area contributed by atoms with Crippen LogP contribution in [-0.2, 0) is 19.1 Å². The van der Waals surface area contributed by atoms with Crippen LogP contribution in [-0.4, -0.2) is 30.6 Å². The van der Waals surface area contributed by atoms with Gasteiger partial charge in [-0.3, -0.25) is 9.59 Å². The van der Waals surface area contributed by atoms with E-state index in [1.165, 1.54) is 0 Å². The number of ether oxygens (including phenoxy) is 2. The highest BCUT2D eigenvalue weighted by Gasteiger charge is 2.40. The Hall–Kier alpha value is -1.16. The standard InChI is InChI=1S/C24H42O4/c1-7-23(3,4)21(25)19-15-11-12-16-20(19)22(26)27-17-13-9-10-14-18-28-24(5,6)8-2/h11-12,19-20H,7-10,13-18H2,1-6H3. The molecule has 0 heterocycles. The predicted octanol–water partition coefficient (Wildman–Crippen LogP) is 5.88. The number of rotatable bonds is 13. The fraction of sp³-hybridized carbons (Fsp3) is 0.833. The summed E-state index contributed by atoms with van der Waals surface area (Å²) in [5, 5.41) is 0. The van der Waals surface area contributed by atoms with Gasteiger partial charge in [-0.15, -0.1) is 0 Å². The smallest absolute Gasteiger partial charge is 0.309 e. The van der Waals surface area contributed by atoms with E-state index in [0.717, 1.165) is 45.1 Å². The predicted molar refractivity (Wildman–Crippen MR) is 114 cm³/mol. The van der Waals surface area contributed by atoms with Gasteiger partial charge in [0.05, 0.1) is 18.1 Å². The molecule has 0 aromatic rings. The van der Waals surface area contributed by atoms with Crippen LogP contribution in [0.4, 0.5) is 0 Å². The summed E-state index contributed by atoms with van der Waals surface area (Å²) in [5.41, 5.74) is -0.424. The second kappa shape index (κ2) is 11.7. The molecule has 0 bridgehead atoms. The van der Waals surface area contributed by atoms with Crippen LogP contribution in [0.25, 0.3) is 0 Å². The zero-order valence-electron chi connectivity index (χ0n) is 19.0. The highest BCUT2D eigenvalue weighted by atomic mass is 16.5. The molecule has 4 nitrogen and oxygen atoms in total. The van der Waals surface area contributed by atoms with Crippen LogP contribution in [0.15, 0.2) is 12.2 Å². The summed E-state index contributed by atoms with van der Waals surface area (Å²) < 4.78 is 11.4. The molecule has 1 aliphatic carbocycles. The Morgan fingerprint density at radius 1 is 0.857 bits per heavy atom. The van der Waals surface area contributed by atoms with Crippen LogP contribution in [0.1, 0.15) is 92.9 Å². The molecule has 1 rings (SSSR count). The molecule has 0 fully saturated rings. The van der Waals surface area contributed by atoms with E-state index in [1.807, 2.05) is 32.9 Å². The van der Waals surface area contributed by atoms with E-state index in [1.54, 1.807) is 0 Å². The first-order valence-electron chi connectivity index (χ1n) is 11.1. The molecule has 162 valence electrons. The van der Waals surface area contributed by atoms with Gasteiger partial charge in [-0.2, -0.15) is 0 Å². The topological polar surface area (TPSA) is 52.6 Å². The number of hydrogen-bond acceptors (Lipinski definition) is 4. The average Bonchev–Trinajstić information content (AvgIpc) is 2.69. The molecule has 0 aromatic heterocycles. The third-order valence-electron chi connectivity index (χ3n) is 6.25. The average molecular weight is 395 g/mol. The highest BCUT2D eigenvalue weighted by molar-refractivity contribution is 5.91. The first-order chi connectivity index (χ1) is 13.1. The van der Waals surface area contributed by atoms with Gasteiger partial charge in [-0.05, 0) is 58.8 Å². The van der Waals surface area contributed by atoms with Crippen molar-refractivity contribution in [3.8, 4) is 0 Å².